The minimum Gasteiger partial charge on any atom is -0.314 e. The standard InChI is InChI=1S/C10H19N5.ClH/c1-8-4-11-5-9(2)15(8)7-10-6-12-13-14(10)3;/h6,8-9,11H,4-5,7H2,1-3H3;1H/t8-,9+;. The lowest BCUT2D eigenvalue weighted by atomic mass is 10.1. The van der Waals surface area contributed by atoms with Crippen molar-refractivity contribution in [1.82, 2.24) is 25.2 Å². The highest BCUT2D eigenvalue weighted by atomic mass is 35.5. The van der Waals surface area contributed by atoms with Gasteiger partial charge in [-0.05, 0) is 13.8 Å². The van der Waals surface area contributed by atoms with Gasteiger partial charge in [-0.2, -0.15) is 0 Å². The van der Waals surface area contributed by atoms with E-state index < -0.39 is 0 Å². The SMILES string of the molecule is C[C@@H]1CNC[C@H](C)N1Cc1cnnn1C.Cl. The second kappa shape index (κ2) is 5.61. The van der Waals surface area contributed by atoms with Crippen LogP contribution < -0.4 is 5.32 Å². The van der Waals surface area contributed by atoms with Gasteiger partial charge < -0.3 is 5.32 Å². The van der Waals surface area contributed by atoms with Gasteiger partial charge in [-0.3, -0.25) is 9.58 Å². The highest BCUT2D eigenvalue weighted by molar-refractivity contribution is 5.85. The number of aromatic nitrogens is 3. The molecule has 2 atom stereocenters. The number of piperazine rings is 1. The van der Waals surface area contributed by atoms with E-state index in [2.05, 4.69) is 34.4 Å². The van der Waals surface area contributed by atoms with Crippen molar-refractivity contribution in [2.75, 3.05) is 13.1 Å². The highest BCUT2D eigenvalue weighted by Gasteiger charge is 2.25. The summed E-state index contributed by atoms with van der Waals surface area (Å²) in [6.45, 7) is 7.58. The minimum atomic E-state index is 0. The molecule has 16 heavy (non-hydrogen) atoms. The van der Waals surface area contributed by atoms with Crippen molar-refractivity contribution in [3.05, 3.63) is 11.9 Å². The molecule has 2 rings (SSSR count). The van der Waals surface area contributed by atoms with E-state index in [0.717, 1.165) is 19.6 Å². The summed E-state index contributed by atoms with van der Waals surface area (Å²) >= 11 is 0. The van der Waals surface area contributed by atoms with Crippen LogP contribution in [0.3, 0.4) is 0 Å². The first-order valence-corrected chi connectivity index (χ1v) is 5.48. The largest absolute Gasteiger partial charge is 0.314 e. The third kappa shape index (κ3) is 2.72. The molecule has 1 aliphatic heterocycles. The summed E-state index contributed by atoms with van der Waals surface area (Å²) in [7, 11) is 1.94. The Kier molecular flexibility index (Phi) is 4.70. The zero-order valence-electron chi connectivity index (χ0n) is 10.1. The summed E-state index contributed by atoms with van der Waals surface area (Å²) < 4.78 is 1.85. The molecule has 2 heterocycles. The fourth-order valence-electron chi connectivity index (χ4n) is 2.12. The number of nitrogens with one attached hydrogen (secondary N) is 1. The van der Waals surface area contributed by atoms with Gasteiger partial charge in [0.2, 0.25) is 0 Å². The van der Waals surface area contributed by atoms with Crippen LogP contribution in [0.5, 0.6) is 0 Å². The lowest BCUT2D eigenvalue weighted by molar-refractivity contribution is 0.106. The summed E-state index contributed by atoms with van der Waals surface area (Å²) in [5.74, 6) is 0. The number of hydrogen-bond donors (Lipinski definition) is 1. The molecular formula is C10H20ClN5. The first-order valence-electron chi connectivity index (χ1n) is 5.48. The third-order valence-electron chi connectivity index (χ3n) is 3.16. The van der Waals surface area contributed by atoms with E-state index >= 15 is 0 Å². The van der Waals surface area contributed by atoms with Crippen molar-refractivity contribution in [3.8, 4) is 0 Å². The predicted octanol–water partition coefficient (Wildman–Crippen LogP) is 0.419. The van der Waals surface area contributed by atoms with E-state index in [9.17, 15) is 0 Å². The molecular weight excluding hydrogens is 226 g/mol. The highest BCUT2D eigenvalue weighted by Crippen LogP contribution is 2.13. The van der Waals surface area contributed by atoms with Crippen LogP contribution in [0.25, 0.3) is 0 Å². The lowest BCUT2D eigenvalue weighted by Gasteiger charge is -2.39. The van der Waals surface area contributed by atoms with Gasteiger partial charge in [0, 0.05) is 38.8 Å². The van der Waals surface area contributed by atoms with Gasteiger partial charge in [0.25, 0.3) is 0 Å². The van der Waals surface area contributed by atoms with Gasteiger partial charge in [-0.1, -0.05) is 5.21 Å². The van der Waals surface area contributed by atoms with Crippen LogP contribution in [0.4, 0.5) is 0 Å². The maximum atomic E-state index is 3.96. The molecule has 1 aliphatic rings. The number of aryl methyl sites for hydroxylation is 1. The molecule has 92 valence electrons. The molecule has 0 radical (unpaired) electrons. The van der Waals surface area contributed by atoms with E-state index in [-0.39, 0.29) is 12.4 Å². The van der Waals surface area contributed by atoms with E-state index in [1.54, 1.807) is 0 Å². The van der Waals surface area contributed by atoms with Crippen molar-refractivity contribution in [3.63, 3.8) is 0 Å². The number of hydrogen-bond acceptors (Lipinski definition) is 4. The summed E-state index contributed by atoms with van der Waals surface area (Å²) in [5, 5.41) is 11.3. The van der Waals surface area contributed by atoms with Crippen LogP contribution in [-0.4, -0.2) is 45.1 Å². The zero-order chi connectivity index (χ0) is 10.8. The Bertz CT molecular complexity index is 317. The van der Waals surface area contributed by atoms with Crippen molar-refractivity contribution in [2.24, 2.45) is 7.05 Å². The molecule has 0 amide bonds. The topological polar surface area (TPSA) is 46.0 Å². The molecule has 1 saturated heterocycles. The van der Waals surface area contributed by atoms with Gasteiger partial charge in [-0.15, -0.1) is 17.5 Å². The Morgan fingerprint density at radius 1 is 1.38 bits per heavy atom. The minimum absolute atomic E-state index is 0. The first-order chi connectivity index (χ1) is 7.18. The average molecular weight is 246 g/mol. The van der Waals surface area contributed by atoms with E-state index in [0.29, 0.717) is 12.1 Å². The summed E-state index contributed by atoms with van der Waals surface area (Å²) in [6, 6.07) is 1.15. The molecule has 0 bridgehead atoms. The molecule has 1 aromatic rings. The Morgan fingerprint density at radius 3 is 2.50 bits per heavy atom. The number of rotatable bonds is 2. The van der Waals surface area contributed by atoms with Gasteiger partial charge in [0.05, 0.1) is 11.9 Å². The molecule has 0 spiro atoms. The molecule has 0 saturated carbocycles. The fraction of sp³-hybridized carbons (Fsp3) is 0.800. The molecule has 0 aliphatic carbocycles. The molecule has 6 heteroatoms. The van der Waals surface area contributed by atoms with Crippen molar-refractivity contribution in [1.29, 1.82) is 0 Å². The summed E-state index contributed by atoms with van der Waals surface area (Å²) in [6.07, 6.45) is 1.85. The van der Waals surface area contributed by atoms with Crippen molar-refractivity contribution in [2.45, 2.75) is 32.5 Å². The van der Waals surface area contributed by atoms with Gasteiger partial charge in [0.15, 0.2) is 0 Å². The monoisotopic (exact) mass is 245 g/mol. The normalized spacial score (nSPS) is 26.4. The van der Waals surface area contributed by atoms with Crippen LogP contribution in [0.1, 0.15) is 19.5 Å². The van der Waals surface area contributed by atoms with Crippen LogP contribution in [0.15, 0.2) is 6.20 Å². The van der Waals surface area contributed by atoms with Crippen molar-refractivity contribution < 1.29 is 0 Å². The number of nitrogens with zero attached hydrogens (tertiary/aromatic N) is 4. The molecule has 1 fully saturated rings. The van der Waals surface area contributed by atoms with E-state index in [4.69, 9.17) is 0 Å². The molecule has 1 N–H and O–H groups in total. The van der Waals surface area contributed by atoms with Gasteiger partial charge >= 0.3 is 0 Å². The zero-order valence-corrected chi connectivity index (χ0v) is 10.9. The van der Waals surface area contributed by atoms with Gasteiger partial charge in [-0.25, -0.2) is 0 Å². The Labute approximate surface area is 103 Å². The molecule has 1 aromatic heterocycles. The Balaban J connectivity index is 0.00000128. The Hall–Kier alpha value is -0.650. The molecule has 0 aromatic carbocycles. The van der Waals surface area contributed by atoms with E-state index in [1.165, 1.54) is 5.69 Å². The first kappa shape index (κ1) is 13.4. The summed E-state index contributed by atoms with van der Waals surface area (Å²) in [5.41, 5.74) is 1.18. The van der Waals surface area contributed by atoms with Crippen LogP contribution in [0, 0.1) is 0 Å². The Morgan fingerprint density at radius 2 is 2.00 bits per heavy atom. The van der Waals surface area contributed by atoms with E-state index in [1.807, 2.05) is 17.9 Å². The average Bonchev–Trinajstić information content (AvgIpc) is 2.58. The molecule has 5 nitrogen and oxygen atoms in total. The maximum Gasteiger partial charge on any atom is 0.0738 e. The van der Waals surface area contributed by atoms with Crippen LogP contribution >= 0.6 is 12.4 Å². The fourth-order valence-corrected chi connectivity index (χ4v) is 2.12. The predicted molar refractivity (Wildman–Crippen MR) is 65.6 cm³/mol. The third-order valence-corrected chi connectivity index (χ3v) is 3.16. The van der Waals surface area contributed by atoms with Gasteiger partial charge in [0.1, 0.15) is 0 Å². The smallest absolute Gasteiger partial charge is 0.0738 e. The number of halogens is 1. The maximum absolute atomic E-state index is 3.96. The van der Waals surface area contributed by atoms with Crippen LogP contribution in [0.2, 0.25) is 0 Å². The quantitative estimate of drug-likeness (QED) is 0.821. The van der Waals surface area contributed by atoms with Crippen molar-refractivity contribution >= 4 is 12.4 Å². The second-order valence-electron chi connectivity index (χ2n) is 4.38. The second-order valence-corrected chi connectivity index (χ2v) is 4.38. The molecule has 0 unspecified atom stereocenters. The van der Waals surface area contributed by atoms with Crippen LogP contribution in [-0.2, 0) is 13.6 Å². The lowest BCUT2D eigenvalue weighted by Crippen LogP contribution is -2.54. The summed E-state index contributed by atoms with van der Waals surface area (Å²) in [4.78, 5) is 2.50.